The van der Waals surface area contributed by atoms with E-state index in [0.717, 1.165) is 6.42 Å². The maximum absolute atomic E-state index is 11.2. The van der Waals surface area contributed by atoms with Gasteiger partial charge in [-0.1, -0.05) is 13.0 Å². The summed E-state index contributed by atoms with van der Waals surface area (Å²) in [5, 5.41) is -0.465. The first kappa shape index (κ1) is 13.1. The fourth-order valence-electron chi connectivity index (χ4n) is 1.08. The molecular formula is C10H14ClNO3S. The van der Waals surface area contributed by atoms with Gasteiger partial charge in [0, 0.05) is 6.07 Å². The molecule has 0 heterocycles. The number of anilines is 1. The van der Waals surface area contributed by atoms with E-state index in [1.54, 1.807) is 24.3 Å². The number of nitrogens with one attached hydrogen (secondary N) is 1. The Kier molecular flexibility index (Phi) is 4.89. The number of alkyl halides is 1. The van der Waals surface area contributed by atoms with Crippen LogP contribution in [0.1, 0.15) is 13.3 Å². The minimum Gasteiger partial charge on any atom is -0.494 e. The smallest absolute Gasteiger partial charge is 0.246 e. The van der Waals surface area contributed by atoms with Crippen LogP contribution in [0.25, 0.3) is 0 Å². The molecule has 0 radical (unpaired) electrons. The van der Waals surface area contributed by atoms with Gasteiger partial charge in [0.1, 0.15) is 11.0 Å². The van der Waals surface area contributed by atoms with Gasteiger partial charge < -0.3 is 4.74 Å². The normalized spacial score (nSPS) is 11.1. The highest BCUT2D eigenvalue weighted by Gasteiger charge is 2.08. The Balaban J connectivity index is 2.75. The minimum atomic E-state index is -3.45. The van der Waals surface area contributed by atoms with Crippen molar-refractivity contribution in [1.29, 1.82) is 0 Å². The van der Waals surface area contributed by atoms with E-state index in [-0.39, 0.29) is 0 Å². The van der Waals surface area contributed by atoms with Crippen LogP contribution in [0.3, 0.4) is 0 Å². The maximum atomic E-state index is 11.2. The van der Waals surface area contributed by atoms with Crippen LogP contribution in [0, 0.1) is 0 Å². The quantitative estimate of drug-likeness (QED) is 0.802. The van der Waals surface area contributed by atoms with Crippen molar-refractivity contribution in [1.82, 2.24) is 0 Å². The maximum Gasteiger partial charge on any atom is 0.246 e. The van der Waals surface area contributed by atoms with E-state index in [1.165, 1.54) is 0 Å². The second-order valence-electron chi connectivity index (χ2n) is 3.20. The highest BCUT2D eigenvalue weighted by atomic mass is 35.5. The van der Waals surface area contributed by atoms with Crippen molar-refractivity contribution in [3.63, 3.8) is 0 Å². The molecule has 6 heteroatoms. The number of rotatable bonds is 6. The van der Waals surface area contributed by atoms with Crippen molar-refractivity contribution in [2.45, 2.75) is 13.3 Å². The monoisotopic (exact) mass is 263 g/mol. The fraction of sp³-hybridized carbons (Fsp3) is 0.400. The molecule has 0 fully saturated rings. The van der Waals surface area contributed by atoms with E-state index < -0.39 is 15.2 Å². The zero-order valence-corrected chi connectivity index (χ0v) is 10.5. The van der Waals surface area contributed by atoms with Crippen molar-refractivity contribution in [2.75, 3.05) is 16.5 Å². The van der Waals surface area contributed by atoms with Gasteiger partial charge in [0.25, 0.3) is 0 Å². The Morgan fingerprint density at radius 3 is 2.81 bits per heavy atom. The van der Waals surface area contributed by atoms with Crippen LogP contribution in [-0.4, -0.2) is 20.2 Å². The van der Waals surface area contributed by atoms with Crippen LogP contribution < -0.4 is 9.46 Å². The number of sulfonamides is 1. The van der Waals surface area contributed by atoms with Gasteiger partial charge >= 0.3 is 0 Å². The lowest BCUT2D eigenvalue weighted by Crippen LogP contribution is -2.13. The van der Waals surface area contributed by atoms with Gasteiger partial charge in [-0.05, 0) is 18.6 Å². The summed E-state index contributed by atoms with van der Waals surface area (Å²) in [6, 6.07) is 6.76. The van der Waals surface area contributed by atoms with Crippen LogP contribution >= 0.6 is 11.6 Å². The first-order valence-corrected chi connectivity index (χ1v) is 7.05. The lowest BCUT2D eigenvalue weighted by atomic mass is 10.3. The first-order valence-electron chi connectivity index (χ1n) is 4.86. The van der Waals surface area contributed by atoms with E-state index in [0.29, 0.717) is 18.0 Å². The molecule has 0 saturated carbocycles. The molecule has 0 aliphatic heterocycles. The number of halogens is 1. The predicted octanol–water partition coefficient (Wildman–Crippen LogP) is 2.41. The summed E-state index contributed by atoms with van der Waals surface area (Å²) in [6.07, 6.45) is 0.900. The highest BCUT2D eigenvalue weighted by molar-refractivity contribution is 7.93. The first-order chi connectivity index (χ1) is 7.57. The Hall–Kier alpha value is -0.940. The minimum absolute atomic E-state index is 0.453. The summed E-state index contributed by atoms with van der Waals surface area (Å²) in [5.74, 6) is 0.636. The summed E-state index contributed by atoms with van der Waals surface area (Å²) in [5.41, 5.74) is 0.453. The van der Waals surface area contributed by atoms with Crippen molar-refractivity contribution >= 4 is 27.3 Å². The molecule has 0 spiro atoms. The van der Waals surface area contributed by atoms with Crippen molar-refractivity contribution in [3.05, 3.63) is 24.3 Å². The lowest BCUT2D eigenvalue weighted by molar-refractivity contribution is 0.317. The summed E-state index contributed by atoms with van der Waals surface area (Å²) in [7, 11) is -3.45. The van der Waals surface area contributed by atoms with E-state index in [4.69, 9.17) is 16.3 Å². The van der Waals surface area contributed by atoms with Gasteiger partial charge in [-0.25, -0.2) is 8.42 Å². The molecular weight excluding hydrogens is 250 g/mol. The molecule has 4 nitrogen and oxygen atoms in total. The molecule has 0 bridgehead atoms. The van der Waals surface area contributed by atoms with Crippen molar-refractivity contribution in [3.8, 4) is 5.75 Å². The average Bonchev–Trinajstić information content (AvgIpc) is 2.26. The molecule has 1 aromatic carbocycles. The van der Waals surface area contributed by atoms with Gasteiger partial charge in [-0.3, -0.25) is 4.72 Å². The van der Waals surface area contributed by atoms with E-state index in [1.807, 2.05) is 6.92 Å². The topological polar surface area (TPSA) is 55.4 Å². The summed E-state index contributed by atoms with van der Waals surface area (Å²) in [4.78, 5) is 0. The van der Waals surface area contributed by atoms with Gasteiger partial charge in [-0.2, -0.15) is 0 Å². The zero-order chi connectivity index (χ0) is 12.0. The molecule has 0 atom stereocenters. The Morgan fingerprint density at radius 1 is 1.44 bits per heavy atom. The Morgan fingerprint density at radius 2 is 2.19 bits per heavy atom. The molecule has 0 aliphatic carbocycles. The van der Waals surface area contributed by atoms with Crippen LogP contribution in [0.4, 0.5) is 5.69 Å². The molecule has 0 amide bonds. The van der Waals surface area contributed by atoms with Gasteiger partial charge in [0.15, 0.2) is 0 Å². The highest BCUT2D eigenvalue weighted by Crippen LogP contribution is 2.18. The predicted molar refractivity (Wildman–Crippen MR) is 65.5 cm³/mol. The summed E-state index contributed by atoms with van der Waals surface area (Å²) >= 11 is 5.28. The number of hydrogen-bond donors (Lipinski definition) is 1. The fourth-order valence-corrected chi connectivity index (χ4v) is 1.78. The summed E-state index contributed by atoms with van der Waals surface area (Å²) < 4.78 is 30.1. The van der Waals surface area contributed by atoms with Crippen LogP contribution in [0.15, 0.2) is 24.3 Å². The third-order valence-corrected chi connectivity index (χ3v) is 3.42. The Labute approximate surface area is 101 Å². The number of hydrogen-bond acceptors (Lipinski definition) is 3. The second-order valence-corrected chi connectivity index (χ2v) is 5.51. The molecule has 1 rings (SSSR count). The molecule has 0 unspecified atom stereocenters. The summed E-state index contributed by atoms with van der Waals surface area (Å²) in [6.45, 7) is 2.60. The van der Waals surface area contributed by atoms with E-state index in [9.17, 15) is 8.42 Å². The molecule has 90 valence electrons. The largest absolute Gasteiger partial charge is 0.494 e. The van der Waals surface area contributed by atoms with E-state index >= 15 is 0 Å². The molecule has 0 aliphatic rings. The van der Waals surface area contributed by atoms with Gasteiger partial charge in [0.2, 0.25) is 10.0 Å². The van der Waals surface area contributed by atoms with Crippen LogP contribution in [0.5, 0.6) is 5.75 Å². The number of ether oxygens (including phenoxy) is 1. The van der Waals surface area contributed by atoms with E-state index in [2.05, 4.69) is 4.72 Å². The average molecular weight is 264 g/mol. The molecule has 1 N–H and O–H groups in total. The van der Waals surface area contributed by atoms with Crippen LogP contribution in [-0.2, 0) is 10.0 Å². The molecule has 1 aromatic rings. The molecule has 0 aromatic heterocycles. The molecule has 16 heavy (non-hydrogen) atoms. The zero-order valence-electron chi connectivity index (χ0n) is 8.94. The SMILES string of the molecule is CCCOc1cccc(NS(=O)(=O)CCl)c1. The third kappa shape index (κ3) is 4.28. The van der Waals surface area contributed by atoms with Gasteiger partial charge in [0.05, 0.1) is 12.3 Å². The second kappa shape index (κ2) is 5.96. The number of benzene rings is 1. The van der Waals surface area contributed by atoms with Crippen molar-refractivity contribution in [2.24, 2.45) is 0 Å². The standard InChI is InChI=1S/C10H14ClNO3S/c1-2-6-15-10-5-3-4-9(7-10)12-16(13,14)8-11/h3-5,7,12H,2,6,8H2,1H3. The Bertz CT molecular complexity index is 433. The van der Waals surface area contributed by atoms with Gasteiger partial charge in [-0.15, -0.1) is 11.6 Å². The lowest BCUT2D eigenvalue weighted by Gasteiger charge is -2.08. The third-order valence-electron chi connectivity index (χ3n) is 1.72. The molecule has 0 saturated heterocycles. The van der Waals surface area contributed by atoms with Crippen molar-refractivity contribution < 1.29 is 13.2 Å². The van der Waals surface area contributed by atoms with Crippen LogP contribution in [0.2, 0.25) is 0 Å².